The van der Waals surface area contributed by atoms with Crippen molar-refractivity contribution >= 4 is 0 Å². The minimum Gasteiger partial charge on any atom is -0.503 e. The van der Waals surface area contributed by atoms with Crippen LogP contribution in [0.5, 0.6) is 5.75 Å². The Kier molecular flexibility index (Phi) is 5.39. The van der Waals surface area contributed by atoms with E-state index in [2.05, 4.69) is 24.0 Å². The highest BCUT2D eigenvalue weighted by atomic mass is 16.3. The Hall–Kier alpha value is -2.07. The largest absolute Gasteiger partial charge is 0.503 e. The highest BCUT2D eigenvalue weighted by Crippen LogP contribution is 2.15. The molecule has 0 aliphatic heterocycles. The van der Waals surface area contributed by atoms with Gasteiger partial charge in [-0.2, -0.15) is 0 Å². The van der Waals surface area contributed by atoms with Crippen LogP contribution >= 0.6 is 0 Å². The Labute approximate surface area is 131 Å². The van der Waals surface area contributed by atoms with E-state index in [0.717, 1.165) is 18.8 Å². The van der Waals surface area contributed by atoms with Gasteiger partial charge >= 0.3 is 0 Å². The second-order valence-electron chi connectivity index (χ2n) is 5.80. The van der Waals surface area contributed by atoms with Crippen LogP contribution in [0.15, 0.2) is 47.4 Å². The molecule has 1 heterocycles. The van der Waals surface area contributed by atoms with Gasteiger partial charge in [-0.3, -0.25) is 9.69 Å². The number of hydrogen-bond acceptors (Lipinski definition) is 3. The van der Waals surface area contributed by atoms with E-state index in [1.54, 1.807) is 12.3 Å². The van der Waals surface area contributed by atoms with Crippen LogP contribution in [-0.4, -0.2) is 21.1 Å². The van der Waals surface area contributed by atoms with Crippen molar-refractivity contribution in [3.63, 3.8) is 0 Å². The van der Waals surface area contributed by atoms with Crippen molar-refractivity contribution in [1.29, 1.82) is 0 Å². The van der Waals surface area contributed by atoms with Gasteiger partial charge < -0.3 is 9.67 Å². The van der Waals surface area contributed by atoms with E-state index in [0.29, 0.717) is 6.54 Å². The minimum absolute atomic E-state index is 0.191. The van der Waals surface area contributed by atoms with Gasteiger partial charge in [0.1, 0.15) is 0 Å². The Morgan fingerprint density at radius 2 is 1.86 bits per heavy atom. The van der Waals surface area contributed by atoms with Gasteiger partial charge in [-0.15, -0.1) is 0 Å². The first-order valence-electron chi connectivity index (χ1n) is 7.71. The lowest BCUT2D eigenvalue weighted by molar-refractivity contribution is 0.260. The molecule has 0 saturated carbocycles. The van der Waals surface area contributed by atoms with Gasteiger partial charge in [-0.25, -0.2) is 0 Å². The zero-order valence-corrected chi connectivity index (χ0v) is 13.5. The van der Waals surface area contributed by atoms with Gasteiger partial charge in [0.15, 0.2) is 5.75 Å². The first kappa shape index (κ1) is 16.3. The van der Waals surface area contributed by atoms with Gasteiger partial charge in [0.2, 0.25) is 5.43 Å². The molecule has 0 atom stereocenters. The molecule has 0 bridgehead atoms. The Morgan fingerprint density at radius 3 is 2.45 bits per heavy atom. The summed E-state index contributed by atoms with van der Waals surface area (Å²) in [6.07, 6.45) is 1.54. The summed E-state index contributed by atoms with van der Waals surface area (Å²) in [6.45, 7) is 8.61. The standard InChI is InChI=1S/C18H24N2O2/c1-4-19(11-15-8-6-5-7-9-15)12-16-10-17(21)18(22)13-20(16)14(2)3/h5-10,13-14,22H,4,11-12H2,1-3H3. The average Bonchev–Trinajstić information content (AvgIpc) is 2.50. The van der Waals surface area contributed by atoms with Gasteiger partial charge in [0, 0.05) is 30.9 Å². The first-order chi connectivity index (χ1) is 10.5. The molecule has 0 unspecified atom stereocenters. The molecule has 0 fully saturated rings. The number of pyridine rings is 1. The lowest BCUT2D eigenvalue weighted by Crippen LogP contribution is -2.26. The lowest BCUT2D eigenvalue weighted by Gasteiger charge is -2.24. The van der Waals surface area contributed by atoms with Crippen LogP contribution in [0.25, 0.3) is 0 Å². The maximum absolute atomic E-state index is 11.8. The third-order valence-corrected chi connectivity index (χ3v) is 3.78. The first-order valence-corrected chi connectivity index (χ1v) is 7.71. The van der Waals surface area contributed by atoms with Crippen LogP contribution in [0, 0.1) is 0 Å². The molecular formula is C18H24N2O2. The molecule has 0 radical (unpaired) electrons. The van der Waals surface area contributed by atoms with E-state index < -0.39 is 0 Å². The van der Waals surface area contributed by atoms with Crippen molar-refractivity contribution in [2.24, 2.45) is 0 Å². The third kappa shape index (κ3) is 3.98. The van der Waals surface area contributed by atoms with Gasteiger partial charge in [-0.1, -0.05) is 37.3 Å². The molecule has 1 N–H and O–H groups in total. The fraction of sp³-hybridized carbons (Fsp3) is 0.389. The number of aromatic hydroxyl groups is 1. The highest BCUT2D eigenvalue weighted by molar-refractivity contribution is 5.21. The molecule has 0 aliphatic rings. The number of nitrogens with zero attached hydrogens (tertiary/aromatic N) is 2. The second-order valence-corrected chi connectivity index (χ2v) is 5.80. The van der Waals surface area contributed by atoms with Gasteiger partial charge in [0.25, 0.3) is 0 Å². The van der Waals surface area contributed by atoms with Crippen LogP contribution in [0.3, 0.4) is 0 Å². The van der Waals surface area contributed by atoms with Crippen molar-refractivity contribution in [3.8, 4) is 5.75 Å². The molecule has 0 saturated heterocycles. The topological polar surface area (TPSA) is 45.5 Å². The molecule has 4 heteroatoms. The predicted molar refractivity (Wildman–Crippen MR) is 89.0 cm³/mol. The van der Waals surface area contributed by atoms with E-state index in [1.165, 1.54) is 5.56 Å². The molecule has 1 aromatic carbocycles. The SMILES string of the molecule is CCN(Cc1ccccc1)Cc1cc(=O)c(O)cn1C(C)C. The Balaban J connectivity index is 2.24. The average molecular weight is 300 g/mol. The zero-order valence-electron chi connectivity index (χ0n) is 13.5. The third-order valence-electron chi connectivity index (χ3n) is 3.78. The molecule has 1 aromatic heterocycles. The molecule has 2 aromatic rings. The van der Waals surface area contributed by atoms with Crippen LogP contribution in [-0.2, 0) is 13.1 Å². The van der Waals surface area contributed by atoms with Crippen molar-refractivity contribution in [2.75, 3.05) is 6.54 Å². The Morgan fingerprint density at radius 1 is 1.18 bits per heavy atom. The maximum atomic E-state index is 11.8. The number of rotatable bonds is 6. The van der Waals surface area contributed by atoms with Crippen LogP contribution in [0.1, 0.15) is 38.1 Å². The molecule has 0 spiro atoms. The number of benzene rings is 1. The maximum Gasteiger partial charge on any atom is 0.223 e. The van der Waals surface area contributed by atoms with Crippen LogP contribution in [0.2, 0.25) is 0 Å². The molecule has 4 nitrogen and oxygen atoms in total. The monoisotopic (exact) mass is 300 g/mol. The van der Waals surface area contributed by atoms with Crippen molar-refractivity contribution < 1.29 is 5.11 Å². The van der Waals surface area contributed by atoms with Crippen LogP contribution < -0.4 is 5.43 Å². The molecule has 118 valence electrons. The summed E-state index contributed by atoms with van der Waals surface area (Å²) in [6, 6.07) is 12.0. The van der Waals surface area contributed by atoms with E-state index in [9.17, 15) is 9.90 Å². The zero-order chi connectivity index (χ0) is 16.1. The van der Waals surface area contributed by atoms with Crippen molar-refractivity contribution in [1.82, 2.24) is 9.47 Å². The smallest absolute Gasteiger partial charge is 0.223 e. The summed E-state index contributed by atoms with van der Waals surface area (Å²) in [4.78, 5) is 14.0. The van der Waals surface area contributed by atoms with Crippen molar-refractivity contribution in [3.05, 3.63) is 64.1 Å². The van der Waals surface area contributed by atoms with E-state index in [1.807, 2.05) is 36.6 Å². The fourth-order valence-corrected chi connectivity index (χ4v) is 2.54. The molecule has 0 amide bonds. The van der Waals surface area contributed by atoms with E-state index >= 15 is 0 Å². The second kappa shape index (κ2) is 7.27. The van der Waals surface area contributed by atoms with Crippen molar-refractivity contribution in [2.45, 2.75) is 39.9 Å². The molecule has 2 rings (SSSR count). The Bertz CT molecular complexity index is 663. The van der Waals surface area contributed by atoms with Gasteiger partial charge in [-0.05, 0) is 26.0 Å². The highest BCUT2D eigenvalue weighted by Gasteiger charge is 2.12. The summed E-state index contributed by atoms with van der Waals surface area (Å²) in [5.74, 6) is -0.191. The van der Waals surface area contributed by atoms with Crippen LogP contribution in [0.4, 0.5) is 0 Å². The summed E-state index contributed by atoms with van der Waals surface area (Å²) in [5, 5.41) is 9.65. The summed E-state index contributed by atoms with van der Waals surface area (Å²) in [5.41, 5.74) is 1.86. The molecular weight excluding hydrogens is 276 g/mol. The summed E-state index contributed by atoms with van der Waals surface area (Å²) in [7, 11) is 0. The van der Waals surface area contributed by atoms with E-state index in [-0.39, 0.29) is 17.2 Å². The minimum atomic E-state index is -0.317. The quantitative estimate of drug-likeness (QED) is 0.891. The molecule has 22 heavy (non-hydrogen) atoms. The number of hydrogen-bond donors (Lipinski definition) is 1. The lowest BCUT2D eigenvalue weighted by atomic mass is 10.2. The number of aromatic nitrogens is 1. The van der Waals surface area contributed by atoms with E-state index in [4.69, 9.17) is 0 Å². The molecule has 0 aliphatic carbocycles. The summed E-state index contributed by atoms with van der Waals surface area (Å²) >= 11 is 0. The van der Waals surface area contributed by atoms with Gasteiger partial charge in [0.05, 0.1) is 6.20 Å². The summed E-state index contributed by atoms with van der Waals surface area (Å²) < 4.78 is 1.96. The fourth-order valence-electron chi connectivity index (χ4n) is 2.54. The predicted octanol–water partition coefficient (Wildman–Crippen LogP) is 3.16. The normalized spacial score (nSPS) is 11.3.